The highest BCUT2D eigenvalue weighted by atomic mass is 15.4. The summed E-state index contributed by atoms with van der Waals surface area (Å²) < 4.78 is 2.00. The fraction of sp³-hybridized carbons (Fsp3) is 0.800. The SMILES string of the molecule is CCCC(C#N)N1CCN(Cc2ncnn2CCC)CC1. The number of aryl methyl sites for hydroxylation is 1. The number of rotatable bonds is 7. The van der Waals surface area contributed by atoms with Crippen molar-refractivity contribution in [1.82, 2.24) is 24.6 Å². The predicted octanol–water partition coefficient (Wildman–Crippen LogP) is 1.50. The molecule has 0 radical (unpaired) electrons. The second kappa shape index (κ2) is 8.11. The number of nitriles is 1. The highest BCUT2D eigenvalue weighted by molar-refractivity contribution is 4.94. The Hall–Kier alpha value is -1.45. The number of aromatic nitrogens is 3. The van der Waals surface area contributed by atoms with Gasteiger partial charge >= 0.3 is 0 Å². The molecule has 1 aliphatic heterocycles. The summed E-state index contributed by atoms with van der Waals surface area (Å²) in [5.41, 5.74) is 0. The number of hydrogen-bond donors (Lipinski definition) is 0. The highest BCUT2D eigenvalue weighted by Gasteiger charge is 2.23. The first kappa shape index (κ1) is 15.9. The molecule has 0 bridgehead atoms. The average molecular weight is 290 g/mol. The van der Waals surface area contributed by atoms with E-state index in [4.69, 9.17) is 0 Å². The van der Waals surface area contributed by atoms with E-state index >= 15 is 0 Å². The molecule has 1 aromatic rings. The molecule has 21 heavy (non-hydrogen) atoms. The summed E-state index contributed by atoms with van der Waals surface area (Å²) in [5, 5.41) is 13.5. The van der Waals surface area contributed by atoms with Crippen LogP contribution in [0.3, 0.4) is 0 Å². The summed E-state index contributed by atoms with van der Waals surface area (Å²) in [5.74, 6) is 1.05. The largest absolute Gasteiger partial charge is 0.293 e. The molecule has 1 atom stereocenters. The Balaban J connectivity index is 1.84. The van der Waals surface area contributed by atoms with E-state index in [0.717, 1.165) is 64.4 Å². The van der Waals surface area contributed by atoms with Gasteiger partial charge < -0.3 is 0 Å². The van der Waals surface area contributed by atoms with Crippen LogP contribution in [0.5, 0.6) is 0 Å². The van der Waals surface area contributed by atoms with Crippen LogP contribution < -0.4 is 0 Å². The molecule has 0 aliphatic carbocycles. The Morgan fingerprint density at radius 3 is 2.62 bits per heavy atom. The molecule has 0 saturated carbocycles. The van der Waals surface area contributed by atoms with Gasteiger partial charge in [-0.2, -0.15) is 10.4 Å². The average Bonchev–Trinajstić information content (AvgIpc) is 2.93. The molecule has 1 unspecified atom stereocenters. The van der Waals surface area contributed by atoms with Crippen LogP contribution in [0.25, 0.3) is 0 Å². The van der Waals surface area contributed by atoms with Gasteiger partial charge in [0.25, 0.3) is 0 Å². The van der Waals surface area contributed by atoms with Gasteiger partial charge in [-0.25, -0.2) is 9.67 Å². The third-order valence-electron chi connectivity index (χ3n) is 4.05. The Morgan fingerprint density at radius 2 is 2.00 bits per heavy atom. The normalized spacial score (nSPS) is 18.5. The molecule has 1 saturated heterocycles. The lowest BCUT2D eigenvalue weighted by atomic mass is 10.1. The molecule has 6 heteroatoms. The van der Waals surface area contributed by atoms with Gasteiger partial charge in [0, 0.05) is 32.7 Å². The van der Waals surface area contributed by atoms with Crippen molar-refractivity contribution in [2.45, 2.75) is 52.2 Å². The lowest BCUT2D eigenvalue weighted by Gasteiger charge is -2.36. The summed E-state index contributed by atoms with van der Waals surface area (Å²) in [6.45, 7) is 10.0. The highest BCUT2D eigenvalue weighted by Crippen LogP contribution is 2.12. The molecular formula is C15H26N6. The molecule has 116 valence electrons. The van der Waals surface area contributed by atoms with Crippen molar-refractivity contribution in [3.63, 3.8) is 0 Å². The van der Waals surface area contributed by atoms with E-state index in [1.54, 1.807) is 6.33 Å². The zero-order chi connectivity index (χ0) is 15.1. The van der Waals surface area contributed by atoms with Gasteiger partial charge in [0.1, 0.15) is 12.2 Å². The molecule has 1 fully saturated rings. The first-order chi connectivity index (χ1) is 10.3. The molecule has 2 heterocycles. The standard InChI is InChI=1S/C15H26N6/c1-3-5-14(11-16)20-9-7-19(8-10-20)12-15-17-13-18-21(15)6-4-2/h13-14H,3-10,12H2,1-2H3. The van der Waals surface area contributed by atoms with Crippen LogP contribution in [0.1, 0.15) is 38.9 Å². The van der Waals surface area contributed by atoms with Gasteiger partial charge in [-0.1, -0.05) is 20.3 Å². The van der Waals surface area contributed by atoms with E-state index in [2.05, 4.69) is 39.8 Å². The molecule has 1 aromatic heterocycles. The minimum Gasteiger partial charge on any atom is -0.293 e. The Kier molecular flexibility index (Phi) is 6.15. The van der Waals surface area contributed by atoms with Crippen LogP contribution in [0.2, 0.25) is 0 Å². The molecule has 6 nitrogen and oxygen atoms in total. The summed E-state index contributed by atoms with van der Waals surface area (Å²) in [6.07, 6.45) is 4.76. The monoisotopic (exact) mass is 290 g/mol. The molecule has 0 N–H and O–H groups in total. The quantitative estimate of drug-likeness (QED) is 0.761. The van der Waals surface area contributed by atoms with Gasteiger partial charge in [-0.3, -0.25) is 9.80 Å². The van der Waals surface area contributed by atoms with Gasteiger partial charge in [-0.15, -0.1) is 0 Å². The van der Waals surface area contributed by atoms with Crippen molar-refractivity contribution >= 4 is 0 Å². The maximum atomic E-state index is 9.25. The molecule has 0 spiro atoms. The Bertz CT molecular complexity index is 455. The van der Waals surface area contributed by atoms with E-state index in [1.165, 1.54) is 0 Å². The van der Waals surface area contributed by atoms with Crippen LogP contribution in [-0.4, -0.2) is 56.8 Å². The maximum Gasteiger partial charge on any atom is 0.141 e. The molecule has 2 rings (SSSR count). The first-order valence-corrected chi connectivity index (χ1v) is 8.01. The second-order valence-electron chi connectivity index (χ2n) is 5.65. The summed E-state index contributed by atoms with van der Waals surface area (Å²) in [4.78, 5) is 9.10. The molecular weight excluding hydrogens is 264 g/mol. The van der Waals surface area contributed by atoms with Crippen molar-refractivity contribution in [2.24, 2.45) is 0 Å². The third-order valence-corrected chi connectivity index (χ3v) is 4.05. The zero-order valence-corrected chi connectivity index (χ0v) is 13.2. The minimum atomic E-state index is 0.0842. The zero-order valence-electron chi connectivity index (χ0n) is 13.2. The van der Waals surface area contributed by atoms with Crippen molar-refractivity contribution in [1.29, 1.82) is 5.26 Å². The van der Waals surface area contributed by atoms with Crippen LogP contribution in [0, 0.1) is 11.3 Å². The van der Waals surface area contributed by atoms with Gasteiger partial charge in [0.2, 0.25) is 0 Å². The summed E-state index contributed by atoms with van der Waals surface area (Å²) in [6, 6.07) is 2.52. The van der Waals surface area contributed by atoms with E-state index in [-0.39, 0.29) is 6.04 Å². The van der Waals surface area contributed by atoms with Crippen molar-refractivity contribution in [2.75, 3.05) is 26.2 Å². The first-order valence-electron chi connectivity index (χ1n) is 8.01. The van der Waals surface area contributed by atoms with E-state index < -0.39 is 0 Å². The molecule has 0 amide bonds. The van der Waals surface area contributed by atoms with Crippen LogP contribution in [0.4, 0.5) is 0 Å². The Morgan fingerprint density at radius 1 is 1.24 bits per heavy atom. The number of piperazine rings is 1. The van der Waals surface area contributed by atoms with Crippen LogP contribution in [0.15, 0.2) is 6.33 Å². The lowest BCUT2D eigenvalue weighted by molar-refractivity contribution is 0.103. The second-order valence-corrected chi connectivity index (χ2v) is 5.65. The summed E-state index contributed by atoms with van der Waals surface area (Å²) in [7, 11) is 0. The fourth-order valence-corrected chi connectivity index (χ4v) is 2.84. The van der Waals surface area contributed by atoms with Gasteiger partial charge in [-0.05, 0) is 12.8 Å². The number of nitrogens with zero attached hydrogens (tertiary/aromatic N) is 6. The van der Waals surface area contributed by atoms with E-state index in [9.17, 15) is 5.26 Å². The van der Waals surface area contributed by atoms with Gasteiger partial charge in [0.05, 0.1) is 18.7 Å². The van der Waals surface area contributed by atoms with E-state index in [0.29, 0.717) is 0 Å². The predicted molar refractivity (Wildman–Crippen MR) is 81.5 cm³/mol. The van der Waals surface area contributed by atoms with Crippen LogP contribution >= 0.6 is 0 Å². The van der Waals surface area contributed by atoms with Gasteiger partial charge in [0.15, 0.2) is 0 Å². The smallest absolute Gasteiger partial charge is 0.141 e. The number of hydrogen-bond acceptors (Lipinski definition) is 5. The van der Waals surface area contributed by atoms with Crippen molar-refractivity contribution in [3.05, 3.63) is 12.2 Å². The topological polar surface area (TPSA) is 61.0 Å². The summed E-state index contributed by atoms with van der Waals surface area (Å²) >= 11 is 0. The lowest BCUT2D eigenvalue weighted by Crippen LogP contribution is -2.49. The molecule has 1 aliphatic rings. The fourth-order valence-electron chi connectivity index (χ4n) is 2.84. The third kappa shape index (κ3) is 4.26. The van der Waals surface area contributed by atoms with E-state index in [1.807, 2.05) is 4.68 Å². The Labute approximate surface area is 127 Å². The van der Waals surface area contributed by atoms with Crippen LogP contribution in [-0.2, 0) is 13.1 Å². The maximum absolute atomic E-state index is 9.25. The van der Waals surface area contributed by atoms with Crippen molar-refractivity contribution in [3.8, 4) is 6.07 Å². The minimum absolute atomic E-state index is 0.0842. The molecule has 0 aromatic carbocycles. The van der Waals surface area contributed by atoms with Crippen molar-refractivity contribution < 1.29 is 0 Å².